The van der Waals surface area contributed by atoms with Crippen LogP contribution < -0.4 is 4.90 Å². The third-order valence-electron chi connectivity index (χ3n) is 5.27. The van der Waals surface area contributed by atoms with E-state index in [9.17, 15) is 14.9 Å². The number of benzene rings is 1. The van der Waals surface area contributed by atoms with E-state index < -0.39 is 0 Å². The number of hydrogen-bond acceptors (Lipinski definition) is 4. The Morgan fingerprint density at radius 1 is 1.12 bits per heavy atom. The van der Waals surface area contributed by atoms with Gasteiger partial charge in [0.25, 0.3) is 11.6 Å². The molecule has 2 saturated heterocycles. The first-order valence-electron chi connectivity index (χ1n) is 9.28. The number of rotatable bonds is 3. The van der Waals surface area contributed by atoms with Crippen LogP contribution in [0, 0.1) is 22.0 Å². The summed E-state index contributed by atoms with van der Waals surface area (Å²) < 4.78 is 0. The number of carbonyl (C=O) groups is 1. The second kappa shape index (κ2) is 7.42. The van der Waals surface area contributed by atoms with E-state index in [0.717, 1.165) is 51.9 Å². The third-order valence-corrected chi connectivity index (χ3v) is 5.27. The van der Waals surface area contributed by atoms with Gasteiger partial charge in [-0.2, -0.15) is 0 Å². The van der Waals surface area contributed by atoms with Crippen molar-refractivity contribution in [3.05, 3.63) is 33.9 Å². The number of nitro benzene ring substituents is 1. The van der Waals surface area contributed by atoms with Gasteiger partial charge in [0.15, 0.2) is 0 Å². The number of nitrogens with zero attached hydrogens (tertiary/aromatic N) is 3. The maximum absolute atomic E-state index is 12.7. The molecule has 0 N–H and O–H groups in total. The SMILES string of the molecule is CC1CC(C)CN(c2ccc(C(=O)N3CCCCC3)cc2[N+](=O)[O-])C1. The Kier molecular flexibility index (Phi) is 5.25. The van der Waals surface area contributed by atoms with E-state index >= 15 is 0 Å². The Bertz CT molecular complexity index is 645. The Morgan fingerprint density at radius 3 is 2.36 bits per heavy atom. The fourth-order valence-electron chi connectivity index (χ4n) is 4.21. The highest BCUT2D eigenvalue weighted by atomic mass is 16.6. The molecule has 0 aliphatic carbocycles. The first-order valence-corrected chi connectivity index (χ1v) is 9.28. The number of hydrogen-bond donors (Lipinski definition) is 0. The summed E-state index contributed by atoms with van der Waals surface area (Å²) in [6.45, 7) is 7.51. The zero-order valence-electron chi connectivity index (χ0n) is 15.1. The van der Waals surface area contributed by atoms with Crippen molar-refractivity contribution in [2.24, 2.45) is 11.8 Å². The minimum absolute atomic E-state index is 0.0455. The first-order chi connectivity index (χ1) is 12.0. The molecule has 25 heavy (non-hydrogen) atoms. The monoisotopic (exact) mass is 345 g/mol. The molecule has 1 aromatic rings. The Morgan fingerprint density at radius 2 is 1.76 bits per heavy atom. The predicted octanol–water partition coefficient (Wildman–Crippen LogP) is 3.70. The van der Waals surface area contributed by atoms with Crippen LogP contribution in [0.2, 0.25) is 0 Å². The van der Waals surface area contributed by atoms with Crippen molar-refractivity contribution in [2.45, 2.75) is 39.5 Å². The number of amides is 1. The molecule has 1 amide bonds. The molecule has 2 fully saturated rings. The first kappa shape index (κ1) is 17.7. The number of carbonyl (C=O) groups excluding carboxylic acids is 1. The van der Waals surface area contributed by atoms with E-state index in [2.05, 4.69) is 18.7 Å². The second-order valence-electron chi connectivity index (χ2n) is 7.66. The zero-order valence-corrected chi connectivity index (χ0v) is 15.1. The average Bonchev–Trinajstić information content (AvgIpc) is 2.60. The molecule has 2 heterocycles. The van der Waals surface area contributed by atoms with Crippen molar-refractivity contribution in [1.29, 1.82) is 0 Å². The van der Waals surface area contributed by atoms with Crippen molar-refractivity contribution < 1.29 is 9.72 Å². The van der Waals surface area contributed by atoms with Crippen molar-refractivity contribution in [2.75, 3.05) is 31.1 Å². The normalized spacial score (nSPS) is 24.2. The smallest absolute Gasteiger partial charge is 0.293 e. The number of piperidine rings is 2. The maximum atomic E-state index is 12.7. The van der Waals surface area contributed by atoms with Crippen LogP contribution in [0.25, 0.3) is 0 Å². The highest BCUT2D eigenvalue weighted by molar-refractivity contribution is 5.95. The lowest BCUT2D eigenvalue weighted by atomic mass is 9.91. The lowest BCUT2D eigenvalue weighted by molar-refractivity contribution is -0.384. The van der Waals surface area contributed by atoms with Crippen LogP contribution >= 0.6 is 0 Å². The Labute approximate surface area is 148 Å². The topological polar surface area (TPSA) is 66.7 Å². The molecule has 6 nitrogen and oxygen atoms in total. The van der Waals surface area contributed by atoms with Gasteiger partial charge >= 0.3 is 0 Å². The van der Waals surface area contributed by atoms with Gasteiger partial charge in [-0.3, -0.25) is 14.9 Å². The molecule has 2 unspecified atom stereocenters. The molecule has 0 bridgehead atoms. The summed E-state index contributed by atoms with van der Waals surface area (Å²) in [5.41, 5.74) is 1.11. The largest absolute Gasteiger partial charge is 0.365 e. The van der Waals surface area contributed by atoms with Crippen LogP contribution in [0.4, 0.5) is 11.4 Å². The van der Waals surface area contributed by atoms with E-state index in [1.165, 1.54) is 6.07 Å². The van der Waals surface area contributed by atoms with Gasteiger partial charge in [-0.1, -0.05) is 13.8 Å². The Balaban J connectivity index is 1.87. The van der Waals surface area contributed by atoms with Gasteiger partial charge in [-0.05, 0) is 49.7 Å². The number of anilines is 1. The number of likely N-dealkylation sites (tertiary alicyclic amines) is 1. The fourth-order valence-corrected chi connectivity index (χ4v) is 4.21. The standard InChI is InChI=1S/C19H27N3O3/c1-14-10-15(2)13-21(12-14)17-7-6-16(11-18(17)22(24)25)19(23)20-8-4-3-5-9-20/h6-7,11,14-15H,3-5,8-10,12-13H2,1-2H3. The molecule has 0 radical (unpaired) electrons. The van der Waals surface area contributed by atoms with Crippen molar-refractivity contribution in [3.8, 4) is 0 Å². The summed E-state index contributed by atoms with van der Waals surface area (Å²) in [7, 11) is 0. The summed E-state index contributed by atoms with van der Waals surface area (Å²) >= 11 is 0. The molecule has 2 atom stereocenters. The summed E-state index contributed by atoms with van der Waals surface area (Å²) in [5, 5.41) is 11.6. The van der Waals surface area contributed by atoms with Crippen molar-refractivity contribution >= 4 is 17.3 Å². The van der Waals surface area contributed by atoms with E-state index in [4.69, 9.17) is 0 Å². The third kappa shape index (κ3) is 3.94. The summed E-state index contributed by atoms with van der Waals surface area (Å²) in [5.74, 6) is 0.936. The van der Waals surface area contributed by atoms with Crippen LogP contribution in [-0.2, 0) is 0 Å². The van der Waals surface area contributed by atoms with Gasteiger partial charge in [-0.15, -0.1) is 0 Å². The van der Waals surface area contributed by atoms with Crippen LogP contribution in [0.3, 0.4) is 0 Å². The fraction of sp³-hybridized carbons (Fsp3) is 0.632. The van der Waals surface area contributed by atoms with E-state index in [1.54, 1.807) is 12.1 Å². The maximum Gasteiger partial charge on any atom is 0.293 e. The Hall–Kier alpha value is -2.11. The molecule has 2 aliphatic heterocycles. The van der Waals surface area contributed by atoms with Crippen molar-refractivity contribution in [3.63, 3.8) is 0 Å². The second-order valence-corrected chi connectivity index (χ2v) is 7.66. The van der Waals surface area contributed by atoms with Gasteiger partial charge in [0, 0.05) is 37.8 Å². The molecule has 3 rings (SSSR count). The van der Waals surface area contributed by atoms with Gasteiger partial charge < -0.3 is 9.80 Å². The van der Waals surface area contributed by atoms with Gasteiger partial charge in [0.1, 0.15) is 5.69 Å². The number of nitro groups is 1. The molecular weight excluding hydrogens is 318 g/mol. The molecule has 0 spiro atoms. The summed E-state index contributed by atoms with van der Waals surface area (Å²) in [6, 6.07) is 4.99. The molecule has 2 aliphatic rings. The molecular formula is C19H27N3O3. The summed E-state index contributed by atoms with van der Waals surface area (Å²) in [4.78, 5) is 27.8. The van der Waals surface area contributed by atoms with Crippen LogP contribution in [0.15, 0.2) is 18.2 Å². The lowest BCUT2D eigenvalue weighted by Gasteiger charge is -2.36. The molecule has 6 heteroatoms. The van der Waals surface area contributed by atoms with Crippen molar-refractivity contribution in [1.82, 2.24) is 4.90 Å². The summed E-state index contributed by atoms with van der Waals surface area (Å²) in [6.07, 6.45) is 4.31. The van der Waals surface area contributed by atoms with Crippen LogP contribution in [0.5, 0.6) is 0 Å². The van der Waals surface area contributed by atoms with E-state index in [0.29, 0.717) is 23.1 Å². The van der Waals surface area contributed by atoms with Crippen LogP contribution in [-0.4, -0.2) is 41.9 Å². The molecule has 136 valence electrons. The lowest BCUT2D eigenvalue weighted by Crippen LogP contribution is -2.39. The van der Waals surface area contributed by atoms with E-state index in [1.807, 2.05) is 4.90 Å². The zero-order chi connectivity index (χ0) is 18.0. The van der Waals surface area contributed by atoms with E-state index in [-0.39, 0.29) is 16.5 Å². The quantitative estimate of drug-likeness (QED) is 0.619. The van der Waals surface area contributed by atoms with Gasteiger partial charge in [-0.25, -0.2) is 0 Å². The van der Waals surface area contributed by atoms with Gasteiger partial charge in [0.2, 0.25) is 0 Å². The molecule has 1 aromatic carbocycles. The molecule has 0 saturated carbocycles. The minimum Gasteiger partial charge on any atom is -0.365 e. The molecule has 0 aromatic heterocycles. The minimum atomic E-state index is -0.355. The predicted molar refractivity (Wildman–Crippen MR) is 98.0 cm³/mol. The highest BCUT2D eigenvalue weighted by Gasteiger charge is 2.28. The highest BCUT2D eigenvalue weighted by Crippen LogP contribution is 2.34. The van der Waals surface area contributed by atoms with Gasteiger partial charge in [0.05, 0.1) is 4.92 Å². The average molecular weight is 345 g/mol. The van der Waals surface area contributed by atoms with Crippen LogP contribution in [0.1, 0.15) is 49.9 Å².